The topological polar surface area (TPSA) is 84.2 Å². The van der Waals surface area contributed by atoms with Crippen LogP contribution in [0.3, 0.4) is 0 Å². The van der Waals surface area contributed by atoms with Gasteiger partial charge in [-0.15, -0.1) is 0 Å². The van der Waals surface area contributed by atoms with Gasteiger partial charge in [0.25, 0.3) is 0 Å². The van der Waals surface area contributed by atoms with Gasteiger partial charge in [-0.05, 0) is 24.1 Å². The van der Waals surface area contributed by atoms with E-state index in [0.29, 0.717) is 19.6 Å². The first-order valence-electron chi connectivity index (χ1n) is 6.60. The fourth-order valence-corrected chi connectivity index (χ4v) is 2.63. The number of amides is 2. The van der Waals surface area contributed by atoms with Gasteiger partial charge in [0.15, 0.2) is 0 Å². The lowest BCUT2D eigenvalue weighted by Gasteiger charge is -2.15. The minimum Gasteiger partial charge on any atom is -0.369 e. The molecule has 1 aliphatic heterocycles. The van der Waals surface area contributed by atoms with E-state index in [0.717, 1.165) is 16.5 Å². The number of nitrogens with one attached hydrogen (secondary N) is 2. The van der Waals surface area contributed by atoms with Gasteiger partial charge in [0, 0.05) is 24.1 Å². The molecule has 1 saturated heterocycles. The summed E-state index contributed by atoms with van der Waals surface area (Å²) >= 11 is 3.38. The summed E-state index contributed by atoms with van der Waals surface area (Å²) in [6, 6.07) is 7.97. The molecular formula is C14H18BrN3O2. The van der Waals surface area contributed by atoms with E-state index >= 15 is 0 Å². The van der Waals surface area contributed by atoms with Crippen molar-refractivity contribution in [3.8, 4) is 0 Å². The first-order chi connectivity index (χ1) is 9.58. The Kier molecular flexibility index (Phi) is 5.14. The van der Waals surface area contributed by atoms with Gasteiger partial charge in [0.05, 0.1) is 11.8 Å². The van der Waals surface area contributed by atoms with Gasteiger partial charge in [-0.3, -0.25) is 9.59 Å². The van der Waals surface area contributed by atoms with Crippen LogP contribution in [0, 0.1) is 11.8 Å². The van der Waals surface area contributed by atoms with Crippen LogP contribution in [0.1, 0.15) is 5.56 Å². The molecule has 1 fully saturated rings. The number of carbonyl (C=O) groups is 2. The number of hydrogen-bond acceptors (Lipinski definition) is 3. The Morgan fingerprint density at radius 1 is 1.25 bits per heavy atom. The van der Waals surface area contributed by atoms with Gasteiger partial charge in [0.2, 0.25) is 11.8 Å². The Morgan fingerprint density at radius 3 is 2.55 bits per heavy atom. The summed E-state index contributed by atoms with van der Waals surface area (Å²) in [6.45, 7) is 1.56. The van der Waals surface area contributed by atoms with Crippen molar-refractivity contribution in [1.82, 2.24) is 10.6 Å². The minimum atomic E-state index is -0.414. The van der Waals surface area contributed by atoms with E-state index in [2.05, 4.69) is 26.6 Å². The SMILES string of the molecule is NC(=O)C1CNCC1C(=O)NCCc1ccc(Br)cc1. The maximum atomic E-state index is 12.0. The Balaban J connectivity index is 1.80. The highest BCUT2D eigenvalue weighted by Crippen LogP contribution is 2.16. The first kappa shape index (κ1) is 15.0. The summed E-state index contributed by atoms with van der Waals surface area (Å²) in [7, 11) is 0. The predicted octanol–water partition coefficient (Wildman–Crippen LogP) is 0.429. The van der Waals surface area contributed by atoms with E-state index in [9.17, 15) is 9.59 Å². The van der Waals surface area contributed by atoms with Crippen molar-refractivity contribution in [2.45, 2.75) is 6.42 Å². The molecule has 0 bridgehead atoms. The molecule has 0 radical (unpaired) electrons. The Bertz CT molecular complexity index is 490. The third kappa shape index (κ3) is 3.80. The van der Waals surface area contributed by atoms with Gasteiger partial charge in [-0.2, -0.15) is 0 Å². The van der Waals surface area contributed by atoms with Crippen molar-refractivity contribution < 1.29 is 9.59 Å². The van der Waals surface area contributed by atoms with Crippen molar-refractivity contribution in [3.05, 3.63) is 34.3 Å². The monoisotopic (exact) mass is 339 g/mol. The molecule has 1 heterocycles. The standard InChI is InChI=1S/C14H18BrN3O2/c15-10-3-1-9(2-4-10)5-6-18-14(20)12-8-17-7-11(12)13(16)19/h1-4,11-12,17H,5-8H2,(H2,16,19)(H,18,20). The summed E-state index contributed by atoms with van der Waals surface area (Å²) < 4.78 is 1.03. The molecule has 108 valence electrons. The number of rotatable bonds is 5. The van der Waals surface area contributed by atoms with E-state index < -0.39 is 11.8 Å². The van der Waals surface area contributed by atoms with Crippen LogP contribution in [0.25, 0.3) is 0 Å². The molecule has 5 nitrogen and oxygen atoms in total. The number of carbonyl (C=O) groups excluding carboxylic acids is 2. The molecule has 0 saturated carbocycles. The van der Waals surface area contributed by atoms with Crippen molar-refractivity contribution in [2.24, 2.45) is 17.6 Å². The molecule has 0 aliphatic carbocycles. The van der Waals surface area contributed by atoms with Crippen molar-refractivity contribution >= 4 is 27.7 Å². The average Bonchev–Trinajstić information content (AvgIpc) is 2.90. The molecule has 6 heteroatoms. The normalized spacial score (nSPS) is 21.6. The van der Waals surface area contributed by atoms with Gasteiger partial charge < -0.3 is 16.4 Å². The van der Waals surface area contributed by atoms with E-state index in [1.54, 1.807) is 0 Å². The number of primary amides is 1. The van der Waals surface area contributed by atoms with Crippen molar-refractivity contribution in [3.63, 3.8) is 0 Å². The van der Waals surface area contributed by atoms with Gasteiger partial charge >= 0.3 is 0 Å². The van der Waals surface area contributed by atoms with Crippen LogP contribution in [0.2, 0.25) is 0 Å². The molecule has 2 amide bonds. The molecule has 2 rings (SSSR count). The van der Waals surface area contributed by atoms with E-state index in [4.69, 9.17) is 5.73 Å². The van der Waals surface area contributed by atoms with E-state index in [1.807, 2.05) is 24.3 Å². The van der Waals surface area contributed by atoms with Crippen LogP contribution in [-0.2, 0) is 16.0 Å². The maximum absolute atomic E-state index is 12.0. The largest absolute Gasteiger partial charge is 0.369 e. The van der Waals surface area contributed by atoms with E-state index in [1.165, 1.54) is 0 Å². The van der Waals surface area contributed by atoms with E-state index in [-0.39, 0.29) is 11.8 Å². The molecular weight excluding hydrogens is 322 g/mol. The minimum absolute atomic E-state index is 0.101. The highest BCUT2D eigenvalue weighted by molar-refractivity contribution is 9.10. The van der Waals surface area contributed by atoms with Crippen LogP contribution in [0.5, 0.6) is 0 Å². The average molecular weight is 340 g/mol. The lowest BCUT2D eigenvalue weighted by molar-refractivity contribution is -0.131. The molecule has 1 aromatic rings. The molecule has 1 aromatic carbocycles. The number of benzene rings is 1. The third-order valence-corrected chi connectivity index (χ3v) is 4.07. The highest BCUT2D eigenvalue weighted by atomic mass is 79.9. The van der Waals surface area contributed by atoms with Crippen molar-refractivity contribution in [1.29, 1.82) is 0 Å². The second-order valence-corrected chi connectivity index (χ2v) is 5.86. The molecule has 2 atom stereocenters. The van der Waals surface area contributed by atoms with Crippen molar-refractivity contribution in [2.75, 3.05) is 19.6 Å². The van der Waals surface area contributed by atoms with Crippen LogP contribution in [0.4, 0.5) is 0 Å². The lowest BCUT2D eigenvalue weighted by Crippen LogP contribution is -2.40. The second-order valence-electron chi connectivity index (χ2n) is 4.94. The number of nitrogens with two attached hydrogens (primary N) is 1. The molecule has 20 heavy (non-hydrogen) atoms. The fraction of sp³-hybridized carbons (Fsp3) is 0.429. The first-order valence-corrected chi connectivity index (χ1v) is 7.39. The Hall–Kier alpha value is -1.40. The summed E-state index contributed by atoms with van der Waals surface area (Å²) in [4.78, 5) is 23.3. The number of hydrogen-bond donors (Lipinski definition) is 3. The molecule has 4 N–H and O–H groups in total. The molecule has 1 aliphatic rings. The van der Waals surface area contributed by atoms with Gasteiger partial charge in [0.1, 0.15) is 0 Å². The maximum Gasteiger partial charge on any atom is 0.225 e. The summed E-state index contributed by atoms with van der Waals surface area (Å²) in [5.74, 6) is -1.26. The zero-order valence-corrected chi connectivity index (χ0v) is 12.7. The summed E-state index contributed by atoms with van der Waals surface area (Å²) in [5, 5.41) is 5.91. The Labute approximate surface area is 126 Å². The zero-order valence-electron chi connectivity index (χ0n) is 11.1. The fourth-order valence-electron chi connectivity index (χ4n) is 2.37. The highest BCUT2D eigenvalue weighted by Gasteiger charge is 2.36. The predicted molar refractivity (Wildman–Crippen MR) is 79.9 cm³/mol. The summed E-state index contributed by atoms with van der Waals surface area (Å²) in [5.41, 5.74) is 6.45. The van der Waals surface area contributed by atoms with Crippen LogP contribution >= 0.6 is 15.9 Å². The molecule has 2 unspecified atom stereocenters. The lowest BCUT2D eigenvalue weighted by atomic mass is 9.94. The molecule has 0 aromatic heterocycles. The van der Waals surface area contributed by atoms with Gasteiger partial charge in [-0.1, -0.05) is 28.1 Å². The quantitative estimate of drug-likeness (QED) is 0.727. The smallest absolute Gasteiger partial charge is 0.225 e. The van der Waals surface area contributed by atoms with Crippen LogP contribution in [-0.4, -0.2) is 31.4 Å². The number of halogens is 1. The summed E-state index contributed by atoms with van der Waals surface area (Å²) in [6.07, 6.45) is 0.764. The Morgan fingerprint density at radius 2 is 1.90 bits per heavy atom. The second kappa shape index (κ2) is 6.85. The van der Waals surface area contributed by atoms with Crippen LogP contribution in [0.15, 0.2) is 28.7 Å². The third-order valence-electron chi connectivity index (χ3n) is 3.54. The van der Waals surface area contributed by atoms with Gasteiger partial charge in [-0.25, -0.2) is 0 Å². The molecule has 0 spiro atoms. The van der Waals surface area contributed by atoms with Crippen LogP contribution < -0.4 is 16.4 Å². The zero-order chi connectivity index (χ0) is 14.5.